The van der Waals surface area contributed by atoms with Gasteiger partial charge in [0, 0.05) is 0 Å². The summed E-state index contributed by atoms with van der Waals surface area (Å²) in [6.45, 7) is 3.96. The number of hydrogen-bond acceptors (Lipinski definition) is 2. The van der Waals surface area contributed by atoms with E-state index in [1.807, 2.05) is 44.2 Å². The van der Waals surface area contributed by atoms with Gasteiger partial charge in [0.1, 0.15) is 0 Å². The van der Waals surface area contributed by atoms with Crippen LogP contribution in [0.15, 0.2) is 30.4 Å². The molecule has 3 nitrogen and oxygen atoms in total. The minimum Gasteiger partial charge on any atom is -0.274 e. The van der Waals surface area contributed by atoms with Crippen molar-refractivity contribution in [3.8, 4) is 0 Å². The number of allylic oxidation sites excluding steroid dienone is 2. The highest BCUT2D eigenvalue weighted by Crippen LogP contribution is 2.38. The first-order valence-corrected chi connectivity index (χ1v) is 6.70. The number of hydrogen-bond donors (Lipinski definition) is 0. The number of carbonyl (C=O) groups excluding carboxylic acids is 2. The molecular formula is C16H17NO2. The summed E-state index contributed by atoms with van der Waals surface area (Å²) in [6, 6.07) is 5.76. The number of anilines is 1. The molecule has 2 atom stereocenters. The van der Waals surface area contributed by atoms with Gasteiger partial charge in [0.15, 0.2) is 0 Å². The summed E-state index contributed by atoms with van der Waals surface area (Å²) in [7, 11) is 0. The molecule has 0 saturated carbocycles. The van der Waals surface area contributed by atoms with Crippen molar-refractivity contribution in [3.63, 3.8) is 0 Å². The van der Waals surface area contributed by atoms with Crippen LogP contribution in [0.4, 0.5) is 5.69 Å². The molecule has 1 aliphatic carbocycles. The van der Waals surface area contributed by atoms with E-state index < -0.39 is 0 Å². The van der Waals surface area contributed by atoms with Crippen LogP contribution >= 0.6 is 0 Å². The maximum atomic E-state index is 12.5. The molecule has 3 heteroatoms. The van der Waals surface area contributed by atoms with Gasteiger partial charge in [0.25, 0.3) is 0 Å². The van der Waals surface area contributed by atoms with Gasteiger partial charge in [-0.2, -0.15) is 0 Å². The quantitative estimate of drug-likeness (QED) is 0.571. The third-order valence-electron chi connectivity index (χ3n) is 4.32. The van der Waals surface area contributed by atoms with Crippen LogP contribution in [0.25, 0.3) is 0 Å². The van der Waals surface area contributed by atoms with Crippen molar-refractivity contribution in [1.82, 2.24) is 0 Å². The van der Waals surface area contributed by atoms with Crippen LogP contribution in [-0.2, 0) is 9.59 Å². The molecule has 98 valence electrons. The second-order valence-corrected chi connectivity index (χ2v) is 5.39. The van der Waals surface area contributed by atoms with E-state index in [-0.39, 0.29) is 23.7 Å². The second kappa shape index (κ2) is 4.34. The minimum absolute atomic E-state index is 0.0342. The fourth-order valence-corrected chi connectivity index (χ4v) is 3.02. The Hall–Kier alpha value is -1.90. The van der Waals surface area contributed by atoms with E-state index in [1.54, 1.807) is 0 Å². The second-order valence-electron chi connectivity index (χ2n) is 5.39. The first-order valence-electron chi connectivity index (χ1n) is 6.70. The van der Waals surface area contributed by atoms with Crippen LogP contribution in [0.1, 0.15) is 24.0 Å². The van der Waals surface area contributed by atoms with E-state index in [9.17, 15) is 9.59 Å². The molecule has 1 aromatic rings. The Morgan fingerprint density at radius 2 is 1.58 bits per heavy atom. The molecule has 19 heavy (non-hydrogen) atoms. The molecule has 0 bridgehead atoms. The Morgan fingerprint density at radius 1 is 1.00 bits per heavy atom. The van der Waals surface area contributed by atoms with Crippen LogP contribution in [0, 0.1) is 25.7 Å². The number of carbonyl (C=O) groups is 2. The highest BCUT2D eigenvalue weighted by Gasteiger charge is 2.48. The van der Waals surface area contributed by atoms with Gasteiger partial charge in [-0.1, -0.05) is 24.3 Å². The molecule has 1 aromatic carbocycles. The fraction of sp³-hybridized carbons (Fsp3) is 0.375. The van der Waals surface area contributed by atoms with Crippen LogP contribution in [0.2, 0.25) is 0 Å². The highest BCUT2D eigenvalue weighted by molar-refractivity contribution is 6.22. The Kier molecular flexibility index (Phi) is 2.77. The normalized spacial score (nSPS) is 25.9. The maximum absolute atomic E-state index is 12.5. The number of aryl methyl sites for hydroxylation is 1. The van der Waals surface area contributed by atoms with Crippen LogP contribution < -0.4 is 4.90 Å². The molecule has 0 radical (unpaired) electrons. The monoisotopic (exact) mass is 255 g/mol. The van der Waals surface area contributed by atoms with Crippen LogP contribution in [0.3, 0.4) is 0 Å². The van der Waals surface area contributed by atoms with E-state index in [2.05, 4.69) is 0 Å². The number of amides is 2. The Labute approximate surface area is 112 Å². The van der Waals surface area contributed by atoms with E-state index in [4.69, 9.17) is 0 Å². The zero-order valence-electron chi connectivity index (χ0n) is 11.2. The lowest BCUT2D eigenvalue weighted by molar-refractivity contribution is -0.122. The Balaban J connectivity index is 2.04. The maximum Gasteiger partial charge on any atom is 0.238 e. The smallest absolute Gasteiger partial charge is 0.238 e. The lowest BCUT2D eigenvalue weighted by Gasteiger charge is -2.18. The molecule has 0 aromatic heterocycles. The van der Waals surface area contributed by atoms with Gasteiger partial charge in [-0.05, 0) is 43.9 Å². The van der Waals surface area contributed by atoms with Crippen molar-refractivity contribution in [2.75, 3.05) is 4.90 Å². The van der Waals surface area contributed by atoms with Crippen LogP contribution in [-0.4, -0.2) is 11.8 Å². The number of imide groups is 1. The third kappa shape index (κ3) is 1.72. The van der Waals surface area contributed by atoms with Gasteiger partial charge in [-0.25, -0.2) is 4.90 Å². The van der Waals surface area contributed by atoms with Crippen molar-refractivity contribution >= 4 is 17.5 Å². The zero-order valence-corrected chi connectivity index (χ0v) is 11.2. The topological polar surface area (TPSA) is 37.4 Å². The Morgan fingerprint density at radius 3 is 2.16 bits per heavy atom. The van der Waals surface area contributed by atoms with E-state index in [0.717, 1.165) is 16.8 Å². The minimum atomic E-state index is -0.155. The molecule has 0 N–H and O–H groups in total. The summed E-state index contributed by atoms with van der Waals surface area (Å²) in [5.41, 5.74) is 2.87. The van der Waals surface area contributed by atoms with E-state index >= 15 is 0 Å². The third-order valence-corrected chi connectivity index (χ3v) is 4.32. The predicted octanol–water partition coefficient (Wildman–Crippen LogP) is 2.76. The summed E-state index contributed by atoms with van der Waals surface area (Å²) < 4.78 is 0. The average molecular weight is 255 g/mol. The summed E-state index contributed by atoms with van der Waals surface area (Å²) in [5, 5.41) is 0. The van der Waals surface area contributed by atoms with E-state index in [0.29, 0.717) is 12.8 Å². The summed E-state index contributed by atoms with van der Waals surface area (Å²) in [6.07, 6.45) is 5.41. The van der Waals surface area contributed by atoms with Gasteiger partial charge < -0.3 is 0 Å². The number of fused-ring (bicyclic) bond motifs is 1. The largest absolute Gasteiger partial charge is 0.274 e. The van der Waals surface area contributed by atoms with Crippen molar-refractivity contribution in [2.24, 2.45) is 11.8 Å². The molecule has 2 aliphatic rings. The first kappa shape index (κ1) is 12.2. The number of rotatable bonds is 1. The molecule has 1 heterocycles. The van der Waals surface area contributed by atoms with Crippen molar-refractivity contribution < 1.29 is 9.59 Å². The molecule has 1 fully saturated rings. The number of nitrogens with zero attached hydrogens (tertiary/aromatic N) is 1. The molecule has 2 amide bonds. The van der Waals surface area contributed by atoms with Crippen molar-refractivity contribution in [3.05, 3.63) is 41.5 Å². The summed E-state index contributed by atoms with van der Waals surface area (Å²) in [4.78, 5) is 26.4. The lowest BCUT2D eigenvalue weighted by Crippen LogP contribution is -2.31. The zero-order chi connectivity index (χ0) is 13.6. The molecular weight excluding hydrogens is 238 g/mol. The lowest BCUT2D eigenvalue weighted by atomic mass is 9.85. The SMILES string of the molecule is Cc1cccc(N2C(=O)C3CC=CCC3C2=O)c1C. The molecule has 3 rings (SSSR count). The summed E-state index contributed by atoms with van der Waals surface area (Å²) in [5.74, 6) is -0.379. The van der Waals surface area contributed by atoms with Crippen molar-refractivity contribution in [2.45, 2.75) is 26.7 Å². The fourth-order valence-electron chi connectivity index (χ4n) is 3.02. The van der Waals surface area contributed by atoms with Gasteiger partial charge in [0.2, 0.25) is 11.8 Å². The Bertz CT molecular complexity index is 562. The molecule has 1 saturated heterocycles. The van der Waals surface area contributed by atoms with E-state index in [1.165, 1.54) is 4.90 Å². The summed E-state index contributed by atoms with van der Waals surface area (Å²) >= 11 is 0. The van der Waals surface area contributed by atoms with Crippen molar-refractivity contribution in [1.29, 1.82) is 0 Å². The highest BCUT2D eigenvalue weighted by atomic mass is 16.2. The molecule has 0 spiro atoms. The average Bonchev–Trinajstić information content (AvgIpc) is 2.67. The van der Waals surface area contributed by atoms with Gasteiger partial charge >= 0.3 is 0 Å². The molecule has 1 aliphatic heterocycles. The van der Waals surface area contributed by atoms with Gasteiger partial charge in [0.05, 0.1) is 17.5 Å². The van der Waals surface area contributed by atoms with Gasteiger partial charge in [-0.15, -0.1) is 0 Å². The predicted molar refractivity (Wildman–Crippen MR) is 73.8 cm³/mol. The van der Waals surface area contributed by atoms with Gasteiger partial charge in [-0.3, -0.25) is 9.59 Å². The number of benzene rings is 1. The standard InChI is InChI=1S/C16H17NO2/c1-10-6-5-9-14(11(10)2)17-15(18)12-7-3-4-8-13(12)16(17)19/h3-6,9,12-13H,7-8H2,1-2H3. The molecule has 2 unspecified atom stereocenters. The first-order chi connectivity index (χ1) is 9.11. The van der Waals surface area contributed by atoms with Crippen LogP contribution in [0.5, 0.6) is 0 Å².